The molecule has 3 rings (SSSR count). The fourth-order valence-corrected chi connectivity index (χ4v) is 3.99. The smallest absolute Gasteiger partial charge is 0.303 e. The molecular formula is C14H17N3O3S. The van der Waals surface area contributed by atoms with Crippen LogP contribution in [0.3, 0.4) is 0 Å². The van der Waals surface area contributed by atoms with E-state index in [1.54, 1.807) is 9.58 Å². The molecule has 1 fully saturated rings. The topological polar surface area (TPSA) is 75.4 Å². The number of carbonyl (C=O) groups is 2. The summed E-state index contributed by atoms with van der Waals surface area (Å²) < 4.78 is 1.79. The number of carboxylic acids is 1. The minimum Gasteiger partial charge on any atom is -0.481 e. The molecule has 0 bridgehead atoms. The van der Waals surface area contributed by atoms with E-state index in [9.17, 15) is 9.59 Å². The second kappa shape index (κ2) is 5.14. The molecule has 6 nitrogen and oxygen atoms in total. The van der Waals surface area contributed by atoms with Crippen LogP contribution in [0.5, 0.6) is 0 Å². The first-order valence-corrected chi connectivity index (χ1v) is 7.71. The summed E-state index contributed by atoms with van der Waals surface area (Å²) in [6, 6.07) is 1.90. The Kier molecular flexibility index (Phi) is 3.44. The summed E-state index contributed by atoms with van der Waals surface area (Å²) in [7, 11) is 1.87. The number of thiophene rings is 1. The number of nitrogens with zero attached hydrogens (tertiary/aromatic N) is 3. The fraction of sp³-hybridized carbons (Fsp3) is 0.500. The van der Waals surface area contributed by atoms with E-state index in [0.717, 1.165) is 22.3 Å². The maximum atomic E-state index is 12.5. The molecule has 21 heavy (non-hydrogen) atoms. The molecule has 7 heteroatoms. The van der Waals surface area contributed by atoms with Crippen molar-refractivity contribution >= 4 is 33.4 Å². The zero-order valence-corrected chi connectivity index (χ0v) is 12.8. The van der Waals surface area contributed by atoms with E-state index in [4.69, 9.17) is 5.11 Å². The monoisotopic (exact) mass is 307 g/mol. The Bertz CT molecular complexity index is 684. The lowest BCUT2D eigenvalue weighted by Crippen LogP contribution is -2.28. The van der Waals surface area contributed by atoms with Crippen LogP contribution >= 0.6 is 11.3 Å². The van der Waals surface area contributed by atoms with Crippen LogP contribution < -0.4 is 0 Å². The van der Waals surface area contributed by atoms with Gasteiger partial charge in [0.1, 0.15) is 4.83 Å². The molecule has 2 aromatic rings. The number of carbonyl (C=O) groups excluding carboxylic acids is 1. The lowest BCUT2D eigenvalue weighted by molar-refractivity contribution is -0.138. The van der Waals surface area contributed by atoms with E-state index in [-0.39, 0.29) is 18.2 Å². The van der Waals surface area contributed by atoms with Gasteiger partial charge in [0.05, 0.1) is 10.6 Å². The van der Waals surface area contributed by atoms with Crippen molar-refractivity contribution in [2.45, 2.75) is 19.8 Å². The van der Waals surface area contributed by atoms with E-state index < -0.39 is 5.97 Å². The van der Waals surface area contributed by atoms with Crippen molar-refractivity contribution < 1.29 is 14.7 Å². The molecule has 1 unspecified atom stereocenters. The molecule has 0 aromatic carbocycles. The molecule has 0 saturated carbocycles. The third-order valence-electron chi connectivity index (χ3n) is 3.94. The van der Waals surface area contributed by atoms with Gasteiger partial charge in [0.25, 0.3) is 5.91 Å². The normalized spacial score (nSPS) is 18.6. The zero-order chi connectivity index (χ0) is 15.1. The highest BCUT2D eigenvalue weighted by molar-refractivity contribution is 7.20. The molecule has 1 N–H and O–H groups in total. The van der Waals surface area contributed by atoms with Gasteiger partial charge in [-0.3, -0.25) is 14.3 Å². The summed E-state index contributed by atoms with van der Waals surface area (Å²) in [6.45, 7) is 3.11. The van der Waals surface area contributed by atoms with Gasteiger partial charge in [-0.25, -0.2) is 0 Å². The van der Waals surface area contributed by atoms with Crippen LogP contribution in [0.1, 0.15) is 28.2 Å². The summed E-state index contributed by atoms with van der Waals surface area (Å²) >= 11 is 1.45. The number of hydrogen-bond acceptors (Lipinski definition) is 4. The van der Waals surface area contributed by atoms with E-state index in [0.29, 0.717) is 18.0 Å². The minimum absolute atomic E-state index is 0.00323. The minimum atomic E-state index is -0.794. The Morgan fingerprint density at radius 2 is 2.29 bits per heavy atom. The molecule has 1 saturated heterocycles. The third-order valence-corrected chi connectivity index (χ3v) is 5.13. The van der Waals surface area contributed by atoms with Crippen molar-refractivity contribution in [1.82, 2.24) is 14.7 Å². The van der Waals surface area contributed by atoms with Gasteiger partial charge in [0, 0.05) is 31.9 Å². The second-order valence-electron chi connectivity index (χ2n) is 5.54. The van der Waals surface area contributed by atoms with E-state index >= 15 is 0 Å². The summed E-state index contributed by atoms with van der Waals surface area (Å²) in [5.74, 6) is -0.717. The first-order chi connectivity index (χ1) is 9.95. The van der Waals surface area contributed by atoms with Crippen molar-refractivity contribution in [2.75, 3.05) is 13.1 Å². The van der Waals surface area contributed by atoms with Gasteiger partial charge < -0.3 is 10.0 Å². The van der Waals surface area contributed by atoms with Crippen molar-refractivity contribution in [1.29, 1.82) is 0 Å². The van der Waals surface area contributed by atoms with Crippen LogP contribution in [0.2, 0.25) is 0 Å². The highest BCUT2D eigenvalue weighted by atomic mass is 32.1. The molecule has 3 heterocycles. The van der Waals surface area contributed by atoms with Gasteiger partial charge in [-0.05, 0) is 25.3 Å². The molecule has 0 aliphatic carbocycles. The average molecular weight is 307 g/mol. The maximum Gasteiger partial charge on any atom is 0.303 e. The van der Waals surface area contributed by atoms with Crippen LogP contribution in [0.4, 0.5) is 0 Å². The molecule has 0 spiro atoms. The lowest BCUT2D eigenvalue weighted by Gasteiger charge is -2.14. The van der Waals surface area contributed by atoms with Gasteiger partial charge in [-0.1, -0.05) is 0 Å². The van der Waals surface area contributed by atoms with Gasteiger partial charge in [-0.15, -0.1) is 11.3 Å². The quantitative estimate of drug-likeness (QED) is 0.939. The van der Waals surface area contributed by atoms with Crippen molar-refractivity contribution in [3.05, 3.63) is 16.6 Å². The largest absolute Gasteiger partial charge is 0.481 e. The average Bonchev–Trinajstić information content (AvgIpc) is 3.07. The Morgan fingerprint density at radius 3 is 2.95 bits per heavy atom. The number of rotatable bonds is 3. The fourth-order valence-electron chi connectivity index (χ4n) is 2.90. The van der Waals surface area contributed by atoms with Crippen LogP contribution in [0.25, 0.3) is 10.2 Å². The lowest BCUT2D eigenvalue weighted by atomic mass is 10.1. The van der Waals surface area contributed by atoms with Crippen LogP contribution in [-0.4, -0.2) is 44.8 Å². The Hall–Kier alpha value is -1.89. The molecule has 1 atom stereocenters. The SMILES string of the molecule is Cc1nn(C)c2sc(C(=O)N3CCC(CC(=O)O)C3)cc12. The molecule has 1 aliphatic heterocycles. The van der Waals surface area contributed by atoms with Crippen molar-refractivity contribution in [2.24, 2.45) is 13.0 Å². The zero-order valence-electron chi connectivity index (χ0n) is 12.0. The van der Waals surface area contributed by atoms with Crippen molar-refractivity contribution in [3.63, 3.8) is 0 Å². The first kappa shape index (κ1) is 14.1. The number of aliphatic carboxylic acids is 1. The summed E-state index contributed by atoms with van der Waals surface area (Å²) in [6.07, 6.45) is 0.905. The highest BCUT2D eigenvalue weighted by Gasteiger charge is 2.29. The van der Waals surface area contributed by atoms with Crippen LogP contribution in [-0.2, 0) is 11.8 Å². The number of aryl methyl sites for hydroxylation is 2. The predicted molar refractivity (Wildman–Crippen MR) is 79.6 cm³/mol. The van der Waals surface area contributed by atoms with Gasteiger partial charge in [0.15, 0.2) is 0 Å². The molecular weight excluding hydrogens is 290 g/mol. The van der Waals surface area contributed by atoms with Crippen molar-refractivity contribution in [3.8, 4) is 0 Å². The number of hydrogen-bond donors (Lipinski definition) is 1. The molecule has 2 aromatic heterocycles. The summed E-state index contributed by atoms with van der Waals surface area (Å²) in [5.41, 5.74) is 0.924. The number of amides is 1. The molecule has 1 aliphatic rings. The van der Waals surface area contributed by atoms with E-state index in [2.05, 4.69) is 5.10 Å². The van der Waals surface area contributed by atoms with Gasteiger partial charge >= 0.3 is 5.97 Å². The summed E-state index contributed by atoms with van der Waals surface area (Å²) in [5, 5.41) is 14.2. The number of carboxylic acid groups (broad SMARTS) is 1. The Labute approximate surface area is 126 Å². The van der Waals surface area contributed by atoms with E-state index in [1.807, 2.05) is 20.0 Å². The standard InChI is InChI=1S/C14H17N3O3S/c1-8-10-6-11(21-14(10)16(2)15-8)13(20)17-4-3-9(7-17)5-12(18)19/h6,9H,3-5,7H2,1-2H3,(H,18,19). The van der Waals surface area contributed by atoms with Crippen LogP contribution in [0.15, 0.2) is 6.07 Å². The maximum absolute atomic E-state index is 12.5. The summed E-state index contributed by atoms with van der Waals surface area (Å²) in [4.78, 5) is 26.7. The third kappa shape index (κ3) is 2.53. The van der Waals surface area contributed by atoms with E-state index in [1.165, 1.54) is 11.3 Å². The molecule has 1 amide bonds. The molecule has 0 radical (unpaired) electrons. The van der Waals surface area contributed by atoms with Gasteiger partial charge in [0.2, 0.25) is 0 Å². The molecule has 112 valence electrons. The Morgan fingerprint density at radius 1 is 1.52 bits per heavy atom. The predicted octanol–water partition coefficient (Wildman–Crippen LogP) is 1.88. The van der Waals surface area contributed by atoms with Crippen LogP contribution in [0, 0.1) is 12.8 Å². The number of aromatic nitrogens is 2. The first-order valence-electron chi connectivity index (χ1n) is 6.90. The van der Waals surface area contributed by atoms with Gasteiger partial charge in [-0.2, -0.15) is 5.10 Å². The second-order valence-corrected chi connectivity index (χ2v) is 6.57. The number of fused-ring (bicyclic) bond motifs is 1. The highest BCUT2D eigenvalue weighted by Crippen LogP contribution is 2.30. The Balaban J connectivity index is 1.78. The number of likely N-dealkylation sites (tertiary alicyclic amines) is 1.